The number of nitrogens with zero attached hydrogens (tertiary/aromatic N) is 3. The summed E-state index contributed by atoms with van der Waals surface area (Å²) in [6.07, 6.45) is 2.27. The minimum Gasteiger partial charge on any atom is -0.354 e. The smallest absolute Gasteiger partial charge is 0.189 e. The number of benzene rings is 3. The second kappa shape index (κ2) is 4.38. The van der Waals surface area contributed by atoms with Crippen LogP contribution in [0.5, 0.6) is 0 Å². The molecule has 0 fully saturated rings. The SMILES string of the molecule is N#Cc1cccc2c3ccc4[nH]c5ccccc5c4c3n(C#N)c12. The number of nitriles is 2. The molecule has 0 unspecified atom stereocenters. The molecule has 24 heavy (non-hydrogen) atoms. The van der Waals surface area contributed by atoms with Crippen molar-refractivity contribution < 1.29 is 0 Å². The number of para-hydroxylation sites is 2. The van der Waals surface area contributed by atoms with Gasteiger partial charge in [-0.25, -0.2) is 4.57 Å². The second-order valence-electron chi connectivity index (χ2n) is 5.80. The van der Waals surface area contributed by atoms with Gasteiger partial charge >= 0.3 is 0 Å². The van der Waals surface area contributed by atoms with Gasteiger partial charge in [0.2, 0.25) is 0 Å². The molecule has 4 nitrogen and oxygen atoms in total. The number of aromatic amines is 1. The maximum absolute atomic E-state index is 9.80. The van der Waals surface area contributed by atoms with Gasteiger partial charge in [0, 0.05) is 32.6 Å². The quantitative estimate of drug-likeness (QED) is 0.453. The van der Waals surface area contributed by atoms with Crippen molar-refractivity contribution in [3.63, 3.8) is 0 Å². The first-order valence-electron chi connectivity index (χ1n) is 7.60. The Morgan fingerprint density at radius 2 is 1.54 bits per heavy atom. The van der Waals surface area contributed by atoms with Gasteiger partial charge in [0.25, 0.3) is 0 Å². The van der Waals surface area contributed by atoms with Crippen molar-refractivity contribution in [3.8, 4) is 12.3 Å². The predicted octanol–water partition coefficient (Wildman–Crippen LogP) is 4.63. The Hall–Kier alpha value is -3.76. The average Bonchev–Trinajstić information content (AvgIpc) is 3.16. The molecule has 0 amide bonds. The predicted molar refractivity (Wildman–Crippen MR) is 94.5 cm³/mol. The lowest BCUT2D eigenvalue weighted by Gasteiger charge is -1.99. The largest absolute Gasteiger partial charge is 0.354 e. The van der Waals surface area contributed by atoms with Crippen molar-refractivity contribution >= 4 is 43.6 Å². The zero-order chi connectivity index (χ0) is 16.3. The molecule has 2 heterocycles. The average molecular weight is 306 g/mol. The van der Waals surface area contributed by atoms with Crippen molar-refractivity contribution in [1.82, 2.24) is 9.55 Å². The number of hydrogen-bond acceptors (Lipinski definition) is 2. The van der Waals surface area contributed by atoms with Crippen LogP contribution in [0.4, 0.5) is 0 Å². The van der Waals surface area contributed by atoms with E-state index in [-0.39, 0.29) is 0 Å². The highest BCUT2D eigenvalue weighted by molar-refractivity contribution is 6.25. The molecule has 3 aromatic carbocycles. The van der Waals surface area contributed by atoms with E-state index in [9.17, 15) is 10.5 Å². The lowest BCUT2D eigenvalue weighted by Crippen LogP contribution is -1.90. The van der Waals surface area contributed by atoms with Crippen LogP contribution in [0, 0.1) is 22.8 Å². The lowest BCUT2D eigenvalue weighted by molar-refractivity contribution is 1.20. The van der Waals surface area contributed by atoms with E-state index in [1.165, 1.54) is 0 Å². The number of aromatic nitrogens is 2. The Morgan fingerprint density at radius 3 is 2.38 bits per heavy atom. The van der Waals surface area contributed by atoms with Crippen LogP contribution in [0.2, 0.25) is 0 Å². The van der Waals surface area contributed by atoms with Crippen LogP contribution >= 0.6 is 0 Å². The number of nitrogens with one attached hydrogen (secondary N) is 1. The molecule has 1 N–H and O–H groups in total. The van der Waals surface area contributed by atoms with Gasteiger partial charge < -0.3 is 4.98 Å². The van der Waals surface area contributed by atoms with Gasteiger partial charge in [0.15, 0.2) is 6.19 Å². The molecule has 2 aromatic heterocycles. The maximum atomic E-state index is 9.80. The Morgan fingerprint density at radius 1 is 0.750 bits per heavy atom. The van der Waals surface area contributed by atoms with Crippen LogP contribution in [0.1, 0.15) is 5.56 Å². The van der Waals surface area contributed by atoms with Crippen LogP contribution in [0.15, 0.2) is 54.6 Å². The van der Waals surface area contributed by atoms with Gasteiger partial charge in [-0.05, 0) is 18.2 Å². The monoisotopic (exact) mass is 306 g/mol. The maximum Gasteiger partial charge on any atom is 0.189 e. The molecule has 5 aromatic rings. The van der Waals surface area contributed by atoms with Crippen LogP contribution in [0.25, 0.3) is 43.6 Å². The topological polar surface area (TPSA) is 68.3 Å². The number of hydrogen-bond donors (Lipinski definition) is 1. The molecular weight excluding hydrogens is 296 g/mol. The molecule has 0 spiro atoms. The van der Waals surface area contributed by atoms with Crippen molar-refractivity contribution in [2.24, 2.45) is 0 Å². The molecule has 0 bridgehead atoms. The van der Waals surface area contributed by atoms with E-state index in [1.807, 2.05) is 42.5 Å². The lowest BCUT2D eigenvalue weighted by atomic mass is 10.1. The fourth-order valence-electron chi connectivity index (χ4n) is 3.68. The van der Waals surface area contributed by atoms with Gasteiger partial charge in [-0.2, -0.15) is 10.5 Å². The molecular formula is C20H10N4. The molecule has 0 aliphatic carbocycles. The third-order valence-corrected chi connectivity index (χ3v) is 4.64. The summed E-state index contributed by atoms with van der Waals surface area (Å²) >= 11 is 0. The Kier molecular flexibility index (Phi) is 2.33. The van der Waals surface area contributed by atoms with E-state index in [0.29, 0.717) is 11.1 Å². The van der Waals surface area contributed by atoms with Gasteiger partial charge in [-0.3, -0.25) is 0 Å². The first-order valence-corrected chi connectivity index (χ1v) is 7.60. The van der Waals surface area contributed by atoms with Gasteiger partial charge in [0.05, 0.1) is 16.6 Å². The van der Waals surface area contributed by atoms with Crippen molar-refractivity contribution in [2.75, 3.05) is 0 Å². The second-order valence-corrected chi connectivity index (χ2v) is 5.80. The molecule has 0 atom stereocenters. The molecule has 0 aliphatic heterocycles. The van der Waals surface area contributed by atoms with E-state index < -0.39 is 0 Å². The molecule has 110 valence electrons. The fraction of sp³-hybridized carbons (Fsp3) is 0. The highest BCUT2D eigenvalue weighted by Crippen LogP contribution is 2.38. The third kappa shape index (κ3) is 1.40. The summed E-state index contributed by atoms with van der Waals surface area (Å²) in [6.45, 7) is 0. The molecule has 0 radical (unpaired) electrons. The number of H-pyrrole nitrogens is 1. The van der Waals surface area contributed by atoms with E-state index in [1.54, 1.807) is 10.6 Å². The third-order valence-electron chi connectivity index (χ3n) is 4.64. The van der Waals surface area contributed by atoms with Gasteiger partial charge in [0.1, 0.15) is 6.07 Å². The highest BCUT2D eigenvalue weighted by atomic mass is 15.0. The summed E-state index contributed by atoms with van der Waals surface area (Å²) in [4.78, 5) is 3.41. The summed E-state index contributed by atoms with van der Waals surface area (Å²) < 4.78 is 1.59. The first-order chi connectivity index (χ1) is 11.8. The Bertz CT molecular complexity index is 1370. The number of fused-ring (bicyclic) bond motifs is 7. The fourth-order valence-corrected chi connectivity index (χ4v) is 3.68. The molecule has 0 saturated heterocycles. The summed E-state index contributed by atoms with van der Waals surface area (Å²) in [6, 6.07) is 19.9. The molecule has 5 rings (SSSR count). The molecule has 0 saturated carbocycles. The first kappa shape index (κ1) is 12.8. The van der Waals surface area contributed by atoms with Crippen molar-refractivity contribution in [1.29, 1.82) is 10.5 Å². The highest BCUT2D eigenvalue weighted by Gasteiger charge is 2.18. The van der Waals surface area contributed by atoms with Crippen LogP contribution < -0.4 is 0 Å². The van der Waals surface area contributed by atoms with E-state index in [4.69, 9.17) is 0 Å². The van der Waals surface area contributed by atoms with E-state index in [0.717, 1.165) is 38.1 Å². The summed E-state index contributed by atoms with van der Waals surface area (Å²) in [5, 5.41) is 23.3. The van der Waals surface area contributed by atoms with Crippen LogP contribution in [-0.4, -0.2) is 9.55 Å². The van der Waals surface area contributed by atoms with Crippen LogP contribution in [0.3, 0.4) is 0 Å². The van der Waals surface area contributed by atoms with Crippen LogP contribution in [-0.2, 0) is 0 Å². The number of rotatable bonds is 0. The zero-order valence-electron chi connectivity index (χ0n) is 12.5. The Balaban J connectivity index is 2.19. The molecule has 4 heteroatoms. The summed E-state index contributed by atoms with van der Waals surface area (Å²) in [5.41, 5.74) is 4.07. The minimum atomic E-state index is 0.512. The zero-order valence-corrected chi connectivity index (χ0v) is 12.5. The standard InChI is InChI=1S/C20H10N4/c21-10-12-4-3-6-13-14-8-9-17-18(20(14)24(11-22)19(12)13)15-5-1-2-7-16(15)23-17/h1-9,23H. The van der Waals surface area contributed by atoms with Crippen molar-refractivity contribution in [3.05, 3.63) is 60.2 Å². The van der Waals surface area contributed by atoms with Gasteiger partial charge in [-0.1, -0.05) is 36.4 Å². The minimum absolute atomic E-state index is 0.512. The normalized spacial score (nSPS) is 11.2. The van der Waals surface area contributed by atoms with Crippen molar-refractivity contribution in [2.45, 2.75) is 0 Å². The Labute approximate surface area is 136 Å². The molecule has 0 aliphatic rings. The van der Waals surface area contributed by atoms with E-state index in [2.05, 4.69) is 23.3 Å². The summed E-state index contributed by atoms with van der Waals surface area (Å²) in [7, 11) is 0. The van der Waals surface area contributed by atoms with E-state index >= 15 is 0 Å². The summed E-state index contributed by atoms with van der Waals surface area (Å²) in [5.74, 6) is 0. The van der Waals surface area contributed by atoms with Gasteiger partial charge in [-0.15, -0.1) is 0 Å².